The van der Waals surface area contributed by atoms with Crippen LogP contribution in [-0.4, -0.2) is 176 Å². The number of nitrogens with one attached hydrogen (secondary N) is 10. The van der Waals surface area contributed by atoms with Gasteiger partial charge in [0.15, 0.2) is 0 Å². The van der Waals surface area contributed by atoms with Gasteiger partial charge in [0.2, 0.25) is 65.0 Å². The molecule has 3 aliphatic heterocycles. The number of nitrogens with two attached hydrogens (primary N) is 2. The fraction of sp³-hybridized carbons (Fsp3) is 0.633. The SMILES string of the molecule is CC(=O)N[C@@H](CCCCNC(=O)CCCC[C@@H]1SC[C@@H]2NC(=O)N[C@@H]21)C(=O)N[C@@H](C)C(=O)N[C@@H](C)C(=O)N[C@@H](Cc1ccc2ccccc2c1)C(=O)N[C@H](C(=O)N1CCC[C@H]1C(=O)N[C@@H](CC1CCCCC1)C(=O)N[C@@H](CCC(N)=O)C(N)=O)[C@@H](C)OP(=O)(O)O. The van der Waals surface area contributed by atoms with Crippen molar-refractivity contribution in [2.45, 2.75) is 215 Å². The summed E-state index contributed by atoms with van der Waals surface area (Å²) in [4.78, 5) is 181. The first-order chi connectivity index (χ1) is 43.2. The average molecular weight is 1310 g/mol. The minimum atomic E-state index is -5.38. The topological polar surface area (TPSA) is 447 Å². The molecule has 0 spiro atoms. The van der Waals surface area contributed by atoms with E-state index in [4.69, 9.17) is 16.0 Å². The van der Waals surface area contributed by atoms with Gasteiger partial charge in [-0.05, 0) is 101 Å². The Kier molecular flexibility index (Phi) is 27.8. The summed E-state index contributed by atoms with van der Waals surface area (Å²) in [6.07, 6.45) is 6.04. The monoisotopic (exact) mass is 1310 g/mol. The number of carbonyl (C=O) groups is 12. The summed E-state index contributed by atoms with van der Waals surface area (Å²) >= 11 is 1.82. The number of hydrogen-bond donors (Lipinski definition) is 14. The van der Waals surface area contributed by atoms with Gasteiger partial charge in [0.1, 0.15) is 48.3 Å². The van der Waals surface area contributed by atoms with Crippen LogP contribution in [0.5, 0.6) is 0 Å². The van der Waals surface area contributed by atoms with Crippen molar-refractivity contribution < 1.29 is 76.4 Å². The highest BCUT2D eigenvalue weighted by atomic mass is 32.2. The summed E-state index contributed by atoms with van der Waals surface area (Å²) in [6, 6.07) is 1.66. The molecule has 1 aliphatic carbocycles. The third kappa shape index (κ3) is 23.0. The number of amides is 13. The lowest BCUT2D eigenvalue weighted by Gasteiger charge is -2.33. The normalized spacial score (nSPS) is 20.7. The molecule has 2 aromatic rings. The Labute approximate surface area is 533 Å². The number of nitrogens with zero attached hydrogens (tertiary/aromatic N) is 1. The van der Waals surface area contributed by atoms with Crippen LogP contribution in [0, 0.1) is 5.92 Å². The first-order valence-corrected chi connectivity index (χ1v) is 33.9. The summed E-state index contributed by atoms with van der Waals surface area (Å²) in [5.74, 6) is -7.45. The lowest BCUT2D eigenvalue weighted by molar-refractivity contribution is -0.144. The summed E-state index contributed by atoms with van der Waals surface area (Å²) in [5, 5.41) is 28.8. The molecule has 0 bridgehead atoms. The quantitative estimate of drug-likeness (QED) is 0.0246. The predicted molar refractivity (Wildman–Crippen MR) is 335 cm³/mol. The van der Waals surface area contributed by atoms with Crippen LogP contribution >= 0.6 is 19.6 Å². The molecule has 2 aromatic carbocycles. The second kappa shape index (κ2) is 34.9. The van der Waals surface area contributed by atoms with E-state index in [-0.39, 0.29) is 81.4 Å². The molecule has 1 saturated carbocycles. The lowest BCUT2D eigenvalue weighted by Crippen LogP contribution is -2.62. The molecule has 12 atom stereocenters. The van der Waals surface area contributed by atoms with Gasteiger partial charge in [-0.3, -0.25) is 57.3 Å². The van der Waals surface area contributed by atoms with Crippen LogP contribution in [0.15, 0.2) is 42.5 Å². The molecular weight excluding hydrogens is 1220 g/mol. The molecule has 31 heteroatoms. The number of carbonyl (C=O) groups excluding carboxylic acids is 12. The van der Waals surface area contributed by atoms with Crippen molar-refractivity contribution in [2.75, 3.05) is 18.8 Å². The van der Waals surface area contributed by atoms with E-state index in [9.17, 15) is 71.9 Å². The van der Waals surface area contributed by atoms with Crippen LogP contribution in [0.4, 0.5) is 4.79 Å². The number of rotatable bonds is 35. The number of benzene rings is 2. The minimum Gasteiger partial charge on any atom is -0.370 e. The summed E-state index contributed by atoms with van der Waals surface area (Å²) in [7, 11) is -5.38. The maximum Gasteiger partial charge on any atom is 0.469 e. The summed E-state index contributed by atoms with van der Waals surface area (Å²) < 4.78 is 17.3. The molecule has 3 saturated heterocycles. The van der Waals surface area contributed by atoms with Crippen LogP contribution in [0.3, 0.4) is 0 Å². The molecule has 4 fully saturated rings. The Morgan fingerprint density at radius 2 is 1.36 bits per heavy atom. The molecule has 502 valence electrons. The number of likely N-dealkylation sites (tertiary alicyclic amines) is 1. The molecule has 4 aliphatic rings. The third-order valence-corrected chi connectivity index (χ3v) is 19.0. The summed E-state index contributed by atoms with van der Waals surface area (Å²) in [6.45, 7) is 5.27. The second-order valence-corrected chi connectivity index (χ2v) is 26.6. The van der Waals surface area contributed by atoms with Crippen LogP contribution in [0.1, 0.15) is 142 Å². The number of hydrogen-bond acceptors (Lipinski definition) is 15. The van der Waals surface area contributed by atoms with Crippen molar-refractivity contribution in [1.82, 2.24) is 58.1 Å². The van der Waals surface area contributed by atoms with E-state index < -0.39 is 121 Å². The molecule has 13 amide bonds. The van der Waals surface area contributed by atoms with Crippen molar-refractivity contribution in [1.29, 1.82) is 0 Å². The van der Waals surface area contributed by atoms with Crippen molar-refractivity contribution in [3.8, 4) is 0 Å². The molecular formula is C60H90N13O16PS. The highest BCUT2D eigenvalue weighted by Gasteiger charge is 2.45. The van der Waals surface area contributed by atoms with E-state index in [1.807, 2.05) is 30.0 Å². The van der Waals surface area contributed by atoms with Crippen molar-refractivity contribution >= 4 is 101 Å². The number of urea groups is 1. The van der Waals surface area contributed by atoms with E-state index in [2.05, 4.69) is 53.2 Å². The highest BCUT2D eigenvalue weighted by molar-refractivity contribution is 8.00. The van der Waals surface area contributed by atoms with Gasteiger partial charge in [-0.2, -0.15) is 11.8 Å². The number of phosphoric ester groups is 1. The van der Waals surface area contributed by atoms with Gasteiger partial charge in [-0.15, -0.1) is 0 Å². The Morgan fingerprint density at radius 3 is 2.04 bits per heavy atom. The van der Waals surface area contributed by atoms with Crippen LogP contribution in [0.25, 0.3) is 10.8 Å². The molecule has 6 rings (SSSR count). The maximum atomic E-state index is 14.8. The fourth-order valence-corrected chi connectivity index (χ4v) is 14.1. The molecule has 0 aromatic heterocycles. The Balaban J connectivity index is 1.09. The molecule has 0 unspecified atom stereocenters. The molecule has 16 N–H and O–H groups in total. The second-order valence-electron chi connectivity index (χ2n) is 24.1. The van der Waals surface area contributed by atoms with E-state index in [1.54, 1.807) is 24.3 Å². The number of unbranched alkanes of at least 4 members (excludes halogenated alkanes) is 2. The van der Waals surface area contributed by atoms with Crippen molar-refractivity contribution in [3.63, 3.8) is 0 Å². The van der Waals surface area contributed by atoms with Crippen LogP contribution in [-0.2, 0) is 68.2 Å². The smallest absolute Gasteiger partial charge is 0.370 e. The van der Waals surface area contributed by atoms with Gasteiger partial charge in [-0.25, -0.2) is 9.36 Å². The molecule has 0 radical (unpaired) electrons. The van der Waals surface area contributed by atoms with Crippen molar-refractivity contribution in [3.05, 3.63) is 48.0 Å². The number of fused-ring (bicyclic) bond motifs is 2. The van der Waals surface area contributed by atoms with Crippen molar-refractivity contribution in [2.24, 2.45) is 17.4 Å². The Morgan fingerprint density at radius 1 is 0.703 bits per heavy atom. The Bertz CT molecular complexity index is 3010. The zero-order valence-electron chi connectivity index (χ0n) is 52.0. The van der Waals surface area contributed by atoms with E-state index in [0.717, 1.165) is 73.3 Å². The van der Waals surface area contributed by atoms with Gasteiger partial charge >= 0.3 is 13.9 Å². The average Bonchev–Trinajstić information content (AvgIpc) is 1.87. The summed E-state index contributed by atoms with van der Waals surface area (Å²) in [5.41, 5.74) is 11.4. The molecule has 3 heterocycles. The largest absolute Gasteiger partial charge is 0.469 e. The first kappa shape index (κ1) is 72.7. The fourth-order valence-electron chi connectivity index (χ4n) is 12.0. The van der Waals surface area contributed by atoms with Gasteiger partial charge in [0, 0.05) is 50.3 Å². The zero-order chi connectivity index (χ0) is 66.5. The lowest BCUT2D eigenvalue weighted by atomic mass is 9.84. The minimum absolute atomic E-state index is 0.0000111. The van der Waals surface area contributed by atoms with E-state index >= 15 is 0 Å². The maximum absolute atomic E-state index is 14.8. The van der Waals surface area contributed by atoms with Gasteiger partial charge in [0.25, 0.3) is 0 Å². The van der Waals surface area contributed by atoms with E-state index in [1.165, 1.54) is 20.8 Å². The predicted octanol–water partition coefficient (Wildman–Crippen LogP) is 0.0579. The standard InChI is InChI=1S/C60H90N13O16PS/c1-33(65-55(80)42(66-36(4)74)19-12-13-27-63-49(76)22-11-10-21-47-51-45(32-91-47)70-60(85)72-51)53(78)64-34(2)54(79)68-44(31-38-23-24-39-17-8-9-18-40(39)29-38)57(82)71-50(35(3)89-90(86,87)88)59(84)73-28-14-20-46(73)58(83)69-43(30-37-15-6-5-7-16-37)56(81)67-41(52(62)77)25-26-48(61)75/h8-9,17-18,23-24,29,33-35,37,41-47,50-51H,5-7,10-16,19-22,25-28,30-32H2,1-4H3,(H2,61,75)(H2,62,77)(H,63,76)(H,64,78)(H,65,80)(H,66,74)(H,67,81)(H,68,79)(H,69,83)(H,71,82)(H2,70,72,85)(H2,86,87,88)/t33-,34-,35+,41-,42-,43-,44-,45-,46-,47-,50-,51-/m0/s1. The van der Waals surface area contributed by atoms with Crippen LogP contribution < -0.4 is 64.6 Å². The third-order valence-electron chi connectivity index (χ3n) is 16.8. The van der Waals surface area contributed by atoms with Crippen LogP contribution in [0.2, 0.25) is 0 Å². The van der Waals surface area contributed by atoms with Gasteiger partial charge in [-0.1, -0.05) is 81.0 Å². The zero-order valence-corrected chi connectivity index (χ0v) is 53.7. The first-order valence-electron chi connectivity index (χ1n) is 31.3. The highest BCUT2D eigenvalue weighted by Crippen LogP contribution is 2.39. The number of phosphoric acid groups is 1. The number of thioether (sulfide) groups is 1. The van der Waals surface area contributed by atoms with Gasteiger partial charge in [0.05, 0.1) is 18.2 Å². The van der Waals surface area contributed by atoms with Gasteiger partial charge < -0.3 is 79.3 Å². The molecule has 91 heavy (non-hydrogen) atoms. The number of primary amides is 2. The molecule has 29 nitrogen and oxygen atoms in total. The Hall–Kier alpha value is -7.40. The van der Waals surface area contributed by atoms with E-state index in [0.29, 0.717) is 43.0 Å².